The lowest BCUT2D eigenvalue weighted by molar-refractivity contribution is 0.106. The van der Waals surface area contributed by atoms with Crippen LogP contribution in [0.1, 0.15) is 22.3 Å². The highest BCUT2D eigenvalue weighted by Crippen LogP contribution is 2.31. The zero-order valence-electron chi connectivity index (χ0n) is 6.40. The van der Waals surface area contributed by atoms with E-state index in [-0.39, 0.29) is 5.15 Å². The number of hydrogen-bond donors (Lipinski definition) is 0. The Labute approximate surface area is 92.8 Å². The molecule has 0 fully saturated rings. The molecule has 0 amide bonds. The second kappa shape index (κ2) is 4.38. The molecule has 0 aliphatic rings. The third kappa shape index (κ3) is 2.32. The quantitative estimate of drug-likeness (QED) is 0.599. The van der Waals surface area contributed by atoms with Gasteiger partial charge >= 0.3 is 0 Å². The van der Waals surface area contributed by atoms with Gasteiger partial charge in [0.15, 0.2) is 0 Å². The number of hydrogen-bond acceptors (Lipinski definition) is 2. The lowest BCUT2D eigenvalue weighted by Crippen LogP contribution is -2.01. The van der Waals surface area contributed by atoms with Crippen molar-refractivity contribution in [1.82, 2.24) is 4.98 Å². The highest BCUT2D eigenvalue weighted by atomic mass is 35.5. The maximum absolute atomic E-state index is 12.4. The van der Waals surface area contributed by atoms with Crippen LogP contribution in [0, 0.1) is 0 Å². The molecule has 1 aromatic heterocycles. The summed E-state index contributed by atoms with van der Waals surface area (Å²) < 4.78 is 24.8. The number of rotatable bonds is 2. The number of halogens is 5. The molecule has 1 rings (SSSR count). The summed E-state index contributed by atoms with van der Waals surface area (Å²) in [6.45, 7) is 0. The molecule has 1 heterocycles. The minimum atomic E-state index is -2.93. The van der Waals surface area contributed by atoms with Gasteiger partial charge in [0.1, 0.15) is 10.3 Å². The van der Waals surface area contributed by atoms with Crippen molar-refractivity contribution in [3.8, 4) is 0 Å². The highest BCUT2D eigenvalue weighted by molar-refractivity contribution is 6.68. The average molecular weight is 260 g/mol. The third-order valence-electron chi connectivity index (χ3n) is 1.41. The van der Waals surface area contributed by atoms with Crippen molar-refractivity contribution in [2.24, 2.45) is 0 Å². The van der Waals surface area contributed by atoms with Gasteiger partial charge < -0.3 is 0 Å². The SMILES string of the molecule is O=C(Cl)c1cc(Cl)nc(Cl)c1C(F)F. The average Bonchev–Trinajstić information content (AvgIpc) is 2.01. The molecule has 0 N–H and O–H groups in total. The van der Waals surface area contributed by atoms with Gasteiger partial charge in [0, 0.05) is 5.56 Å². The minimum absolute atomic E-state index is 0.164. The van der Waals surface area contributed by atoms with Gasteiger partial charge in [-0.25, -0.2) is 13.8 Å². The molecule has 0 aromatic carbocycles. The van der Waals surface area contributed by atoms with Gasteiger partial charge in [0.2, 0.25) is 0 Å². The first-order chi connectivity index (χ1) is 6.43. The van der Waals surface area contributed by atoms with Crippen LogP contribution in [-0.4, -0.2) is 10.2 Å². The van der Waals surface area contributed by atoms with Crippen LogP contribution >= 0.6 is 34.8 Å². The van der Waals surface area contributed by atoms with E-state index in [1.165, 1.54) is 0 Å². The Morgan fingerprint density at radius 2 is 2.00 bits per heavy atom. The van der Waals surface area contributed by atoms with Gasteiger partial charge in [-0.1, -0.05) is 23.2 Å². The van der Waals surface area contributed by atoms with E-state index in [1.54, 1.807) is 0 Å². The summed E-state index contributed by atoms with van der Waals surface area (Å²) in [5.41, 5.74) is -1.12. The largest absolute Gasteiger partial charge is 0.276 e. The summed E-state index contributed by atoms with van der Waals surface area (Å²) in [5, 5.41) is -1.73. The molecule has 7 heteroatoms. The number of nitrogens with zero attached hydrogens (tertiary/aromatic N) is 1. The van der Waals surface area contributed by atoms with Gasteiger partial charge in [-0.05, 0) is 17.7 Å². The summed E-state index contributed by atoms with van der Waals surface area (Å²) >= 11 is 15.9. The maximum Gasteiger partial charge on any atom is 0.267 e. The number of carbonyl (C=O) groups is 1. The van der Waals surface area contributed by atoms with Crippen LogP contribution in [0.3, 0.4) is 0 Å². The monoisotopic (exact) mass is 259 g/mol. The van der Waals surface area contributed by atoms with Crippen molar-refractivity contribution in [3.05, 3.63) is 27.5 Å². The van der Waals surface area contributed by atoms with Crippen LogP contribution in [0.15, 0.2) is 6.07 Å². The van der Waals surface area contributed by atoms with Crippen LogP contribution in [0.5, 0.6) is 0 Å². The van der Waals surface area contributed by atoms with Crippen LogP contribution in [0.4, 0.5) is 8.78 Å². The Kier molecular flexibility index (Phi) is 3.64. The molecule has 0 saturated heterocycles. The number of alkyl halides is 2. The smallest absolute Gasteiger partial charge is 0.267 e. The second-order valence-electron chi connectivity index (χ2n) is 2.27. The molecular weight excluding hydrogens is 258 g/mol. The van der Waals surface area contributed by atoms with Gasteiger partial charge in [0.25, 0.3) is 11.7 Å². The molecule has 0 spiro atoms. The second-order valence-corrected chi connectivity index (χ2v) is 3.36. The lowest BCUT2D eigenvalue weighted by atomic mass is 10.1. The van der Waals surface area contributed by atoms with Crippen LogP contribution in [0.25, 0.3) is 0 Å². The van der Waals surface area contributed by atoms with Crippen molar-refractivity contribution in [1.29, 1.82) is 0 Å². The fraction of sp³-hybridized carbons (Fsp3) is 0.143. The molecule has 0 aliphatic heterocycles. The number of pyridine rings is 1. The van der Waals surface area contributed by atoms with Crippen molar-refractivity contribution in [2.75, 3.05) is 0 Å². The van der Waals surface area contributed by atoms with Crippen molar-refractivity contribution < 1.29 is 13.6 Å². The molecule has 0 radical (unpaired) electrons. The topological polar surface area (TPSA) is 30.0 Å². The van der Waals surface area contributed by atoms with E-state index in [2.05, 4.69) is 4.98 Å². The van der Waals surface area contributed by atoms with Gasteiger partial charge in [-0.3, -0.25) is 4.79 Å². The molecule has 1 aromatic rings. The first kappa shape index (κ1) is 11.6. The molecule has 14 heavy (non-hydrogen) atoms. The maximum atomic E-state index is 12.4. The molecule has 0 bridgehead atoms. The number of aromatic nitrogens is 1. The summed E-state index contributed by atoms with van der Waals surface area (Å²) in [7, 11) is 0. The Hall–Kier alpha value is -0.450. The van der Waals surface area contributed by atoms with Crippen LogP contribution in [-0.2, 0) is 0 Å². The molecule has 0 aliphatic carbocycles. The molecule has 76 valence electrons. The minimum Gasteiger partial charge on any atom is -0.276 e. The molecule has 0 atom stereocenters. The van der Waals surface area contributed by atoms with E-state index >= 15 is 0 Å². The van der Waals surface area contributed by atoms with E-state index in [9.17, 15) is 13.6 Å². The van der Waals surface area contributed by atoms with E-state index in [0.717, 1.165) is 6.07 Å². The fourth-order valence-corrected chi connectivity index (χ4v) is 1.53. The summed E-state index contributed by atoms with van der Waals surface area (Å²) in [5.74, 6) is 0. The van der Waals surface area contributed by atoms with E-state index in [4.69, 9.17) is 34.8 Å². The van der Waals surface area contributed by atoms with E-state index < -0.39 is 27.9 Å². The van der Waals surface area contributed by atoms with E-state index in [0.29, 0.717) is 0 Å². The van der Waals surface area contributed by atoms with Crippen molar-refractivity contribution in [2.45, 2.75) is 6.43 Å². The number of carbonyl (C=O) groups excluding carboxylic acids is 1. The third-order valence-corrected chi connectivity index (χ3v) is 2.10. The Bertz CT molecular complexity index is 383. The van der Waals surface area contributed by atoms with Gasteiger partial charge in [-0.15, -0.1) is 0 Å². The highest BCUT2D eigenvalue weighted by Gasteiger charge is 2.22. The molecule has 0 saturated carbocycles. The molecular formula is C7H2Cl3F2NO. The fourth-order valence-electron chi connectivity index (χ4n) is 0.864. The Morgan fingerprint density at radius 3 is 2.43 bits per heavy atom. The zero-order chi connectivity index (χ0) is 10.9. The lowest BCUT2D eigenvalue weighted by Gasteiger charge is -2.06. The Balaban J connectivity index is 3.44. The molecule has 2 nitrogen and oxygen atoms in total. The van der Waals surface area contributed by atoms with Crippen molar-refractivity contribution in [3.63, 3.8) is 0 Å². The first-order valence-electron chi connectivity index (χ1n) is 3.27. The zero-order valence-corrected chi connectivity index (χ0v) is 8.67. The van der Waals surface area contributed by atoms with E-state index in [1.807, 2.05) is 0 Å². The first-order valence-corrected chi connectivity index (χ1v) is 4.40. The van der Waals surface area contributed by atoms with Crippen LogP contribution in [0.2, 0.25) is 10.3 Å². The Morgan fingerprint density at radius 1 is 1.43 bits per heavy atom. The predicted octanol–water partition coefficient (Wildman–Crippen LogP) is 3.71. The summed E-state index contributed by atoms with van der Waals surface area (Å²) in [6, 6.07) is 0.949. The standard InChI is InChI=1S/C7H2Cl3F2NO/c8-3-1-2(6(10)14)4(7(11)12)5(9)13-3/h1,7H. The van der Waals surface area contributed by atoms with Crippen molar-refractivity contribution >= 4 is 40.0 Å². The molecule has 0 unspecified atom stereocenters. The summed E-state index contributed by atoms with van der Waals surface area (Å²) in [4.78, 5) is 14.1. The van der Waals surface area contributed by atoms with Gasteiger partial charge in [0.05, 0.1) is 5.56 Å². The van der Waals surface area contributed by atoms with Crippen LogP contribution < -0.4 is 0 Å². The normalized spacial score (nSPS) is 10.7. The summed E-state index contributed by atoms with van der Waals surface area (Å²) in [6.07, 6.45) is -2.93. The van der Waals surface area contributed by atoms with Gasteiger partial charge in [-0.2, -0.15) is 0 Å². The predicted molar refractivity (Wildman–Crippen MR) is 49.4 cm³/mol.